The minimum absolute atomic E-state index is 0.128. The summed E-state index contributed by atoms with van der Waals surface area (Å²) in [6.45, 7) is 6.62. The highest BCUT2D eigenvalue weighted by Crippen LogP contribution is 2.28. The summed E-state index contributed by atoms with van der Waals surface area (Å²) in [5.74, 6) is 0.242. The summed E-state index contributed by atoms with van der Waals surface area (Å²) in [6, 6.07) is 14.1. The maximum Gasteiger partial charge on any atom is 0.287 e. The summed E-state index contributed by atoms with van der Waals surface area (Å²) in [5.41, 5.74) is 3.97. The van der Waals surface area contributed by atoms with Crippen molar-refractivity contribution in [3.8, 4) is 0 Å². The van der Waals surface area contributed by atoms with Crippen LogP contribution < -0.4 is 5.32 Å². The van der Waals surface area contributed by atoms with Gasteiger partial charge in [-0.2, -0.15) is 0 Å². The number of carbonyl (C=O) groups is 1. The Morgan fingerprint density at radius 2 is 1.83 bits per heavy atom. The van der Waals surface area contributed by atoms with Gasteiger partial charge in [-0.25, -0.2) is 0 Å². The number of halogens is 1. The first-order chi connectivity index (χ1) is 14.0. The van der Waals surface area contributed by atoms with Crippen LogP contribution in [0.4, 0.5) is 0 Å². The van der Waals surface area contributed by atoms with Crippen LogP contribution in [0, 0.1) is 13.8 Å². The number of carbonyl (C=O) groups excluding carboxylic acids is 1. The van der Waals surface area contributed by atoms with Crippen molar-refractivity contribution in [2.45, 2.75) is 39.2 Å². The molecule has 1 fully saturated rings. The fraction of sp³-hybridized carbons (Fsp3) is 0.375. The van der Waals surface area contributed by atoms with E-state index in [1.54, 1.807) is 0 Å². The molecule has 2 aromatic carbocycles. The van der Waals surface area contributed by atoms with Gasteiger partial charge >= 0.3 is 0 Å². The SMILES string of the molecule is Cc1ccc2oc(C(=O)NC[C@@H](c3ccc(Cl)cc3)N3CCCCC3)c(C)c2c1. The highest BCUT2D eigenvalue weighted by atomic mass is 35.5. The van der Waals surface area contributed by atoms with Crippen molar-refractivity contribution in [2.24, 2.45) is 0 Å². The van der Waals surface area contributed by atoms with E-state index in [9.17, 15) is 4.79 Å². The Bertz CT molecular complexity index is 1000. The molecule has 1 aliphatic heterocycles. The molecule has 1 aromatic heterocycles. The van der Waals surface area contributed by atoms with E-state index >= 15 is 0 Å². The standard InChI is InChI=1S/C24H27ClN2O2/c1-16-6-11-22-20(14-16)17(2)23(29-22)24(28)26-15-21(27-12-4-3-5-13-27)18-7-9-19(25)10-8-18/h6-11,14,21H,3-5,12-13,15H2,1-2H3,(H,26,28)/t21-/m0/s1. The van der Waals surface area contributed by atoms with E-state index in [0.717, 1.165) is 40.2 Å². The summed E-state index contributed by atoms with van der Waals surface area (Å²) < 4.78 is 5.87. The molecule has 4 nitrogen and oxygen atoms in total. The third-order valence-electron chi connectivity index (χ3n) is 5.84. The molecule has 4 rings (SSSR count). The van der Waals surface area contributed by atoms with Crippen LogP contribution in [0.3, 0.4) is 0 Å². The molecule has 1 N–H and O–H groups in total. The lowest BCUT2D eigenvalue weighted by Gasteiger charge is -2.35. The molecule has 1 amide bonds. The van der Waals surface area contributed by atoms with Gasteiger partial charge in [0.1, 0.15) is 5.58 Å². The lowest BCUT2D eigenvalue weighted by atomic mass is 10.0. The van der Waals surface area contributed by atoms with Crippen LogP contribution >= 0.6 is 11.6 Å². The molecule has 152 valence electrons. The maximum atomic E-state index is 12.9. The Morgan fingerprint density at radius 3 is 2.55 bits per heavy atom. The first kappa shape index (κ1) is 20.0. The van der Waals surface area contributed by atoms with Crippen LogP contribution in [0.15, 0.2) is 46.9 Å². The Kier molecular flexibility index (Phi) is 5.93. The molecule has 1 aliphatic rings. The average Bonchev–Trinajstić information content (AvgIpc) is 3.06. The van der Waals surface area contributed by atoms with Crippen molar-refractivity contribution in [2.75, 3.05) is 19.6 Å². The number of hydrogen-bond acceptors (Lipinski definition) is 3. The van der Waals surface area contributed by atoms with E-state index in [1.165, 1.54) is 24.8 Å². The first-order valence-corrected chi connectivity index (χ1v) is 10.7. The second kappa shape index (κ2) is 8.60. The van der Waals surface area contributed by atoms with Gasteiger partial charge in [-0.3, -0.25) is 9.69 Å². The summed E-state index contributed by atoms with van der Waals surface area (Å²) >= 11 is 6.08. The Balaban J connectivity index is 1.54. The highest BCUT2D eigenvalue weighted by Gasteiger charge is 2.24. The topological polar surface area (TPSA) is 45.5 Å². The first-order valence-electron chi connectivity index (χ1n) is 10.3. The number of hydrogen-bond donors (Lipinski definition) is 1. The van der Waals surface area contributed by atoms with Gasteiger partial charge < -0.3 is 9.73 Å². The molecular weight excluding hydrogens is 384 g/mol. The van der Waals surface area contributed by atoms with Crippen LogP contribution in [0.1, 0.15) is 52.5 Å². The number of amides is 1. The van der Waals surface area contributed by atoms with Crippen molar-refractivity contribution >= 4 is 28.5 Å². The summed E-state index contributed by atoms with van der Waals surface area (Å²) in [7, 11) is 0. The second-order valence-corrected chi connectivity index (χ2v) is 8.37. The number of rotatable bonds is 5. The van der Waals surface area contributed by atoms with E-state index in [0.29, 0.717) is 12.3 Å². The predicted octanol–water partition coefficient (Wildman–Crippen LogP) is 5.66. The zero-order chi connectivity index (χ0) is 20.4. The highest BCUT2D eigenvalue weighted by molar-refractivity contribution is 6.30. The van der Waals surface area contributed by atoms with Crippen LogP contribution in [0.5, 0.6) is 0 Å². The van der Waals surface area contributed by atoms with Gasteiger partial charge in [-0.1, -0.05) is 41.8 Å². The van der Waals surface area contributed by atoms with Gasteiger partial charge in [0.2, 0.25) is 0 Å². The molecule has 5 heteroatoms. The smallest absolute Gasteiger partial charge is 0.287 e. The van der Waals surface area contributed by atoms with E-state index < -0.39 is 0 Å². The van der Waals surface area contributed by atoms with Crippen LogP contribution in [-0.4, -0.2) is 30.4 Å². The minimum atomic E-state index is -0.160. The molecule has 0 saturated carbocycles. The number of piperidine rings is 1. The van der Waals surface area contributed by atoms with Gasteiger partial charge in [-0.05, 0) is 69.6 Å². The molecule has 1 saturated heterocycles. The number of furan rings is 1. The summed E-state index contributed by atoms with van der Waals surface area (Å²) in [5, 5.41) is 4.84. The van der Waals surface area contributed by atoms with Gasteiger partial charge in [-0.15, -0.1) is 0 Å². The van der Waals surface area contributed by atoms with Crippen molar-refractivity contribution in [1.82, 2.24) is 10.2 Å². The summed E-state index contributed by atoms with van der Waals surface area (Å²) in [4.78, 5) is 15.4. The van der Waals surface area contributed by atoms with E-state index in [-0.39, 0.29) is 11.9 Å². The zero-order valence-electron chi connectivity index (χ0n) is 17.0. The van der Waals surface area contributed by atoms with Gasteiger partial charge in [0.25, 0.3) is 5.91 Å². The second-order valence-electron chi connectivity index (χ2n) is 7.93. The van der Waals surface area contributed by atoms with Crippen LogP contribution in [0.25, 0.3) is 11.0 Å². The number of benzene rings is 2. The number of nitrogens with one attached hydrogen (secondary N) is 1. The van der Waals surface area contributed by atoms with Gasteiger partial charge in [0, 0.05) is 22.5 Å². The molecule has 1 atom stereocenters. The average molecular weight is 411 g/mol. The number of fused-ring (bicyclic) bond motifs is 1. The van der Waals surface area contributed by atoms with Crippen molar-refractivity contribution in [3.63, 3.8) is 0 Å². The summed E-state index contributed by atoms with van der Waals surface area (Å²) in [6.07, 6.45) is 3.66. The molecule has 0 bridgehead atoms. The fourth-order valence-corrected chi connectivity index (χ4v) is 4.32. The third kappa shape index (κ3) is 4.34. The third-order valence-corrected chi connectivity index (χ3v) is 6.09. The number of aryl methyl sites for hydroxylation is 2. The minimum Gasteiger partial charge on any atom is -0.451 e. The molecule has 0 unspecified atom stereocenters. The lowest BCUT2D eigenvalue weighted by molar-refractivity contribution is 0.0898. The van der Waals surface area contributed by atoms with Crippen LogP contribution in [0.2, 0.25) is 5.02 Å². The van der Waals surface area contributed by atoms with Crippen molar-refractivity contribution in [1.29, 1.82) is 0 Å². The molecule has 0 spiro atoms. The van der Waals surface area contributed by atoms with Gasteiger partial charge in [0.05, 0.1) is 6.04 Å². The number of likely N-dealkylation sites (tertiary alicyclic amines) is 1. The molecule has 0 aliphatic carbocycles. The molecular formula is C24H27ClN2O2. The molecule has 2 heterocycles. The van der Waals surface area contributed by atoms with E-state index in [4.69, 9.17) is 16.0 Å². The normalized spacial score (nSPS) is 16.1. The Hall–Kier alpha value is -2.30. The number of nitrogens with zero attached hydrogens (tertiary/aromatic N) is 1. The predicted molar refractivity (Wildman–Crippen MR) is 118 cm³/mol. The van der Waals surface area contributed by atoms with Crippen molar-refractivity contribution in [3.05, 3.63) is 69.9 Å². The Morgan fingerprint density at radius 1 is 1.10 bits per heavy atom. The Labute approximate surface area is 176 Å². The lowest BCUT2D eigenvalue weighted by Crippen LogP contribution is -2.40. The fourth-order valence-electron chi connectivity index (χ4n) is 4.19. The zero-order valence-corrected chi connectivity index (χ0v) is 17.8. The quantitative estimate of drug-likeness (QED) is 0.590. The molecule has 3 aromatic rings. The van der Waals surface area contributed by atoms with E-state index in [2.05, 4.69) is 28.4 Å². The van der Waals surface area contributed by atoms with Crippen molar-refractivity contribution < 1.29 is 9.21 Å². The molecule has 0 radical (unpaired) electrons. The largest absolute Gasteiger partial charge is 0.451 e. The van der Waals surface area contributed by atoms with E-state index in [1.807, 2.05) is 38.1 Å². The van der Waals surface area contributed by atoms with Crippen LogP contribution in [-0.2, 0) is 0 Å². The van der Waals surface area contributed by atoms with Gasteiger partial charge in [0.15, 0.2) is 5.76 Å². The molecule has 29 heavy (non-hydrogen) atoms. The monoisotopic (exact) mass is 410 g/mol. The maximum absolute atomic E-state index is 12.9.